The van der Waals surface area contributed by atoms with Gasteiger partial charge < -0.3 is 9.47 Å². The maximum atomic E-state index is 6.58. The zero-order valence-corrected chi connectivity index (χ0v) is 31.1. The molecule has 0 aliphatic carbocycles. The fraction of sp³-hybridized carbons (Fsp3) is 0.571. The van der Waals surface area contributed by atoms with Gasteiger partial charge in [-0.2, -0.15) is 0 Å². The van der Waals surface area contributed by atoms with Crippen molar-refractivity contribution in [3.05, 3.63) is 35.2 Å². The molecule has 0 N–H and O–H groups in total. The van der Waals surface area contributed by atoms with Crippen molar-refractivity contribution in [1.82, 2.24) is 0 Å². The van der Waals surface area contributed by atoms with Gasteiger partial charge in [-0.1, -0.05) is 99.4 Å². The lowest BCUT2D eigenvalue weighted by Gasteiger charge is -2.12. The Bertz CT molecular complexity index is 939. The standard InChI is InChI=1S/C28H40O2S9/c1-7-9-11-13-15-29-23-19(17-21-36-25(31-3)26(32-4)37-21)35-20(24(23)30-16-14-12-10-8-2)18-22-38-27(33-5)28(34-6)39-22/h17-18H,7-16H2,1-6H3. The average molecular weight is 697 g/mol. The molecule has 0 saturated carbocycles. The van der Waals surface area contributed by atoms with Crippen LogP contribution in [0.2, 0.25) is 0 Å². The monoisotopic (exact) mass is 696 g/mol. The van der Waals surface area contributed by atoms with Gasteiger partial charge >= 0.3 is 0 Å². The quantitative estimate of drug-likeness (QED) is 0.137. The van der Waals surface area contributed by atoms with E-state index in [1.807, 2.05) is 105 Å². The van der Waals surface area contributed by atoms with Crippen molar-refractivity contribution in [3.8, 4) is 11.5 Å². The molecule has 2 aliphatic heterocycles. The molecule has 2 nitrogen and oxygen atoms in total. The summed E-state index contributed by atoms with van der Waals surface area (Å²) >= 11 is 16.7. The van der Waals surface area contributed by atoms with Gasteiger partial charge in [0.25, 0.3) is 0 Å². The summed E-state index contributed by atoms with van der Waals surface area (Å²) < 4.78 is 21.4. The molecule has 0 saturated heterocycles. The Kier molecular flexibility index (Phi) is 17.2. The number of hydrogen-bond acceptors (Lipinski definition) is 11. The summed E-state index contributed by atoms with van der Waals surface area (Å²) in [6.45, 7) is 5.98. The zero-order valence-electron chi connectivity index (χ0n) is 23.7. The topological polar surface area (TPSA) is 18.5 Å². The summed E-state index contributed by atoms with van der Waals surface area (Å²) in [5.41, 5.74) is 0. The van der Waals surface area contributed by atoms with Crippen molar-refractivity contribution < 1.29 is 9.47 Å². The van der Waals surface area contributed by atoms with E-state index >= 15 is 0 Å². The summed E-state index contributed by atoms with van der Waals surface area (Å²) in [5.74, 6) is 1.87. The molecule has 218 valence electrons. The minimum atomic E-state index is 0.734. The van der Waals surface area contributed by atoms with E-state index in [2.05, 4.69) is 51.0 Å². The number of hydrogen-bond donors (Lipinski definition) is 0. The molecule has 11 heteroatoms. The molecular weight excluding hydrogens is 657 g/mol. The third-order valence-electron chi connectivity index (χ3n) is 5.71. The molecule has 2 aliphatic rings. The van der Waals surface area contributed by atoms with Gasteiger partial charge in [-0.15, -0.1) is 58.4 Å². The SMILES string of the molecule is CCCCCCOc1c(C=C2SC(SC)=C(SC)S2)sc(C=C2SC(SC)=C(SC)S2)c1OCCCCCC. The molecule has 1 aromatic rings. The van der Waals surface area contributed by atoms with E-state index in [1.165, 1.54) is 73.7 Å². The van der Waals surface area contributed by atoms with Gasteiger partial charge in [-0.3, -0.25) is 0 Å². The molecule has 3 rings (SSSR count). The minimum absolute atomic E-state index is 0.734. The lowest BCUT2D eigenvalue weighted by Crippen LogP contribution is -2.02. The molecule has 0 unspecified atom stereocenters. The van der Waals surface area contributed by atoms with Crippen LogP contribution < -0.4 is 9.47 Å². The largest absolute Gasteiger partial charge is 0.488 e. The van der Waals surface area contributed by atoms with Crippen molar-refractivity contribution in [2.75, 3.05) is 38.2 Å². The second-order valence-electron chi connectivity index (χ2n) is 8.61. The van der Waals surface area contributed by atoms with Gasteiger partial charge in [0.1, 0.15) is 0 Å². The molecule has 0 spiro atoms. The lowest BCUT2D eigenvalue weighted by molar-refractivity contribution is 0.260. The van der Waals surface area contributed by atoms with Crippen LogP contribution >= 0.6 is 105 Å². The van der Waals surface area contributed by atoms with Crippen molar-refractivity contribution >= 4 is 118 Å². The number of unbranched alkanes of at least 4 members (excludes halogenated alkanes) is 6. The molecule has 0 radical (unpaired) electrons. The van der Waals surface area contributed by atoms with Crippen LogP contribution in [-0.4, -0.2) is 38.2 Å². The van der Waals surface area contributed by atoms with Crippen molar-refractivity contribution in [2.24, 2.45) is 0 Å². The first-order chi connectivity index (χ1) is 19.1. The molecular formula is C28H40O2S9. The Hall–Kier alpha value is 1.06. The molecule has 39 heavy (non-hydrogen) atoms. The minimum Gasteiger partial charge on any atom is -0.488 e. The highest BCUT2D eigenvalue weighted by atomic mass is 32.3. The Morgan fingerprint density at radius 2 is 0.897 bits per heavy atom. The third-order valence-corrected chi connectivity index (χ3v) is 16.9. The van der Waals surface area contributed by atoms with Crippen molar-refractivity contribution in [2.45, 2.75) is 65.2 Å². The van der Waals surface area contributed by atoms with Gasteiger partial charge in [-0.25, -0.2) is 0 Å². The summed E-state index contributed by atoms with van der Waals surface area (Å²) in [5, 5.41) is 0. The molecule has 3 heterocycles. The molecule has 0 aromatic carbocycles. The van der Waals surface area contributed by atoms with Gasteiger partial charge in [0, 0.05) is 0 Å². The second-order valence-corrected chi connectivity index (χ2v) is 18.7. The molecule has 0 bridgehead atoms. The fourth-order valence-electron chi connectivity index (χ4n) is 3.71. The van der Waals surface area contributed by atoms with E-state index in [9.17, 15) is 0 Å². The van der Waals surface area contributed by atoms with Crippen LogP contribution in [0.4, 0.5) is 0 Å². The van der Waals surface area contributed by atoms with Crippen LogP contribution in [0.15, 0.2) is 25.4 Å². The maximum absolute atomic E-state index is 6.58. The van der Waals surface area contributed by atoms with Crippen LogP contribution in [0.25, 0.3) is 12.2 Å². The summed E-state index contributed by atoms with van der Waals surface area (Å²) in [6.07, 6.45) is 22.9. The second kappa shape index (κ2) is 19.4. The highest BCUT2D eigenvalue weighted by molar-refractivity contribution is 8.41. The average Bonchev–Trinajstić information content (AvgIpc) is 3.63. The van der Waals surface area contributed by atoms with Crippen molar-refractivity contribution in [1.29, 1.82) is 0 Å². The summed E-state index contributed by atoms with van der Waals surface area (Å²) in [7, 11) is 0. The number of thiophene rings is 1. The first-order valence-electron chi connectivity index (χ1n) is 13.3. The fourth-order valence-corrected chi connectivity index (χ4v) is 14.9. The van der Waals surface area contributed by atoms with E-state index in [0.29, 0.717) is 0 Å². The Balaban J connectivity index is 1.94. The highest BCUT2D eigenvalue weighted by Crippen LogP contribution is 2.59. The van der Waals surface area contributed by atoms with Crippen LogP contribution in [0.5, 0.6) is 11.5 Å². The number of ether oxygens (including phenoxy) is 2. The molecule has 1 aromatic heterocycles. The van der Waals surface area contributed by atoms with Crippen LogP contribution in [0, 0.1) is 0 Å². The number of rotatable bonds is 18. The van der Waals surface area contributed by atoms with Gasteiger partial charge in [0.05, 0.1) is 48.4 Å². The third kappa shape index (κ3) is 10.6. The lowest BCUT2D eigenvalue weighted by atomic mass is 10.2. The molecule has 0 fully saturated rings. The first kappa shape index (κ1) is 34.5. The van der Waals surface area contributed by atoms with Gasteiger partial charge in [0.2, 0.25) is 0 Å². The van der Waals surface area contributed by atoms with Crippen LogP contribution in [-0.2, 0) is 0 Å². The normalized spacial score (nSPS) is 15.6. The highest BCUT2D eigenvalue weighted by Gasteiger charge is 2.26. The van der Waals surface area contributed by atoms with E-state index in [0.717, 1.165) is 37.6 Å². The summed E-state index contributed by atoms with van der Waals surface area (Å²) in [4.78, 5) is 2.35. The van der Waals surface area contributed by atoms with E-state index in [4.69, 9.17) is 9.47 Å². The van der Waals surface area contributed by atoms with E-state index < -0.39 is 0 Å². The molecule has 0 amide bonds. The van der Waals surface area contributed by atoms with Gasteiger partial charge in [0.15, 0.2) is 11.5 Å². The molecule has 0 atom stereocenters. The van der Waals surface area contributed by atoms with Gasteiger partial charge in [-0.05, 0) is 50.0 Å². The van der Waals surface area contributed by atoms with Crippen molar-refractivity contribution in [3.63, 3.8) is 0 Å². The predicted octanol–water partition coefficient (Wildman–Crippen LogP) is 12.9. The first-order valence-corrected chi connectivity index (χ1v) is 22.3. The summed E-state index contributed by atoms with van der Waals surface area (Å²) in [6, 6.07) is 0. The Labute approximate surface area is 274 Å². The Morgan fingerprint density at radius 3 is 1.21 bits per heavy atom. The number of thioether (sulfide) groups is 8. The Morgan fingerprint density at radius 1 is 0.538 bits per heavy atom. The smallest absolute Gasteiger partial charge is 0.179 e. The van der Waals surface area contributed by atoms with E-state index in [-0.39, 0.29) is 0 Å². The van der Waals surface area contributed by atoms with Crippen LogP contribution in [0.1, 0.15) is 75.0 Å². The van der Waals surface area contributed by atoms with E-state index in [1.54, 1.807) is 0 Å². The zero-order chi connectivity index (χ0) is 28.0. The maximum Gasteiger partial charge on any atom is 0.179 e. The van der Waals surface area contributed by atoms with Crippen LogP contribution in [0.3, 0.4) is 0 Å². The predicted molar refractivity (Wildman–Crippen MR) is 198 cm³/mol.